The molecule has 1 unspecified atom stereocenters. The molecular formula is C11H14FN3O3. The molecule has 0 aliphatic rings. The maximum absolute atomic E-state index is 13.1. The van der Waals surface area contributed by atoms with Gasteiger partial charge in [0.1, 0.15) is 0 Å². The van der Waals surface area contributed by atoms with Crippen LogP contribution in [0.1, 0.15) is 20.3 Å². The molecule has 0 radical (unpaired) electrons. The number of halogens is 1. The number of nitro groups is 1. The summed E-state index contributed by atoms with van der Waals surface area (Å²) in [5.41, 5.74) is 4.08. The van der Waals surface area contributed by atoms with E-state index in [2.05, 4.69) is 5.32 Å². The van der Waals surface area contributed by atoms with Gasteiger partial charge in [0.2, 0.25) is 11.7 Å². The fourth-order valence-corrected chi connectivity index (χ4v) is 1.16. The van der Waals surface area contributed by atoms with Gasteiger partial charge in [-0.1, -0.05) is 6.92 Å². The van der Waals surface area contributed by atoms with Crippen LogP contribution in [0.4, 0.5) is 15.8 Å². The smallest absolute Gasteiger partial charge is 0.306 e. The quantitative estimate of drug-likeness (QED) is 0.633. The molecule has 1 aromatic carbocycles. The largest absolute Gasteiger partial charge is 0.324 e. The third-order valence-electron chi connectivity index (χ3n) is 2.65. The van der Waals surface area contributed by atoms with Crippen LogP contribution in [0.2, 0.25) is 0 Å². The molecule has 0 heterocycles. The molecular weight excluding hydrogens is 241 g/mol. The normalized spacial score (nSPS) is 13.8. The second kappa shape index (κ2) is 5.09. The highest BCUT2D eigenvalue weighted by Crippen LogP contribution is 2.22. The molecule has 0 aromatic heterocycles. The predicted octanol–water partition coefficient (Wildman–Crippen LogP) is 1.80. The molecule has 0 bridgehead atoms. The Labute approximate surface area is 103 Å². The second-order valence-corrected chi connectivity index (χ2v) is 4.15. The van der Waals surface area contributed by atoms with E-state index in [9.17, 15) is 19.3 Å². The SMILES string of the molecule is CCC(C)(N)C(=O)Nc1ccc(F)c([N+](=O)[O-])c1. The number of hydrogen-bond acceptors (Lipinski definition) is 4. The molecule has 0 saturated carbocycles. The van der Waals surface area contributed by atoms with E-state index >= 15 is 0 Å². The molecule has 0 fully saturated rings. The molecule has 18 heavy (non-hydrogen) atoms. The van der Waals surface area contributed by atoms with Crippen LogP contribution in [0.25, 0.3) is 0 Å². The van der Waals surface area contributed by atoms with Gasteiger partial charge in [0, 0.05) is 11.8 Å². The second-order valence-electron chi connectivity index (χ2n) is 4.15. The van der Waals surface area contributed by atoms with Gasteiger partial charge in [-0.2, -0.15) is 4.39 Å². The molecule has 98 valence electrons. The predicted molar refractivity (Wildman–Crippen MR) is 64.6 cm³/mol. The van der Waals surface area contributed by atoms with Gasteiger partial charge in [0.15, 0.2) is 0 Å². The summed E-state index contributed by atoms with van der Waals surface area (Å²) in [4.78, 5) is 21.4. The minimum atomic E-state index is -1.08. The average Bonchev–Trinajstić information content (AvgIpc) is 2.31. The summed E-state index contributed by atoms with van der Waals surface area (Å²) in [7, 11) is 0. The monoisotopic (exact) mass is 255 g/mol. The van der Waals surface area contributed by atoms with E-state index in [4.69, 9.17) is 5.73 Å². The minimum absolute atomic E-state index is 0.137. The topological polar surface area (TPSA) is 98.3 Å². The zero-order valence-corrected chi connectivity index (χ0v) is 10.1. The van der Waals surface area contributed by atoms with E-state index in [1.807, 2.05) is 0 Å². The lowest BCUT2D eigenvalue weighted by molar-refractivity contribution is -0.387. The van der Waals surface area contributed by atoms with Crippen LogP contribution in [0, 0.1) is 15.9 Å². The molecule has 1 amide bonds. The van der Waals surface area contributed by atoms with E-state index in [0.29, 0.717) is 6.42 Å². The molecule has 1 aromatic rings. The summed E-state index contributed by atoms with van der Waals surface area (Å²) >= 11 is 0. The van der Waals surface area contributed by atoms with Crippen LogP contribution < -0.4 is 11.1 Å². The minimum Gasteiger partial charge on any atom is -0.324 e. The van der Waals surface area contributed by atoms with Gasteiger partial charge in [-0.05, 0) is 25.5 Å². The third-order valence-corrected chi connectivity index (χ3v) is 2.65. The highest BCUT2D eigenvalue weighted by Gasteiger charge is 2.26. The molecule has 0 aliphatic carbocycles. The number of hydrogen-bond donors (Lipinski definition) is 2. The van der Waals surface area contributed by atoms with Crippen molar-refractivity contribution in [2.75, 3.05) is 5.32 Å². The Hall–Kier alpha value is -2.02. The number of nitrogens with two attached hydrogens (primary N) is 1. The third kappa shape index (κ3) is 3.01. The highest BCUT2D eigenvalue weighted by atomic mass is 19.1. The van der Waals surface area contributed by atoms with Gasteiger partial charge < -0.3 is 11.1 Å². The number of nitro benzene ring substituents is 1. The van der Waals surface area contributed by atoms with Crippen molar-refractivity contribution in [2.24, 2.45) is 5.73 Å². The van der Waals surface area contributed by atoms with Crippen molar-refractivity contribution in [2.45, 2.75) is 25.8 Å². The molecule has 7 heteroatoms. The van der Waals surface area contributed by atoms with Crippen molar-refractivity contribution < 1.29 is 14.1 Å². The number of benzene rings is 1. The number of carbonyl (C=O) groups excluding carboxylic acids is 1. The van der Waals surface area contributed by atoms with Gasteiger partial charge in [-0.15, -0.1) is 0 Å². The molecule has 3 N–H and O–H groups in total. The van der Waals surface area contributed by atoms with E-state index in [0.717, 1.165) is 12.1 Å². The fraction of sp³-hybridized carbons (Fsp3) is 0.364. The van der Waals surface area contributed by atoms with E-state index in [1.165, 1.54) is 6.07 Å². The molecule has 0 saturated heterocycles. The Kier molecular flexibility index (Phi) is 3.97. The number of rotatable bonds is 4. The van der Waals surface area contributed by atoms with Crippen LogP contribution in [-0.4, -0.2) is 16.4 Å². The molecule has 6 nitrogen and oxygen atoms in total. The zero-order chi connectivity index (χ0) is 13.9. The van der Waals surface area contributed by atoms with Crippen LogP contribution >= 0.6 is 0 Å². The number of anilines is 1. The molecule has 1 atom stereocenters. The van der Waals surface area contributed by atoms with Gasteiger partial charge in [-0.25, -0.2) is 0 Å². The Morgan fingerprint density at radius 3 is 2.72 bits per heavy atom. The van der Waals surface area contributed by atoms with Gasteiger partial charge in [-0.3, -0.25) is 14.9 Å². The summed E-state index contributed by atoms with van der Waals surface area (Å²) < 4.78 is 13.1. The molecule has 1 rings (SSSR count). The van der Waals surface area contributed by atoms with Gasteiger partial charge in [0.25, 0.3) is 0 Å². The lowest BCUT2D eigenvalue weighted by Crippen LogP contribution is -2.47. The van der Waals surface area contributed by atoms with Crippen molar-refractivity contribution >= 4 is 17.3 Å². The first-order valence-electron chi connectivity index (χ1n) is 5.32. The van der Waals surface area contributed by atoms with Gasteiger partial charge in [0.05, 0.1) is 10.5 Å². The van der Waals surface area contributed by atoms with Crippen molar-refractivity contribution in [1.82, 2.24) is 0 Å². The summed E-state index contributed by atoms with van der Waals surface area (Å²) in [6.07, 6.45) is 0.405. The summed E-state index contributed by atoms with van der Waals surface area (Å²) in [5, 5.41) is 13.0. The first-order chi connectivity index (χ1) is 8.27. The van der Waals surface area contributed by atoms with Crippen LogP contribution in [0.5, 0.6) is 0 Å². The first-order valence-corrected chi connectivity index (χ1v) is 5.32. The average molecular weight is 255 g/mol. The summed E-state index contributed by atoms with van der Waals surface area (Å²) in [5.74, 6) is -1.44. The standard InChI is InChI=1S/C11H14FN3O3/c1-3-11(2,13)10(16)14-7-4-5-8(12)9(6-7)15(17)18/h4-6H,3,13H2,1-2H3,(H,14,16). The van der Waals surface area contributed by atoms with Crippen molar-refractivity contribution in [3.63, 3.8) is 0 Å². The molecule has 0 aliphatic heterocycles. The lowest BCUT2D eigenvalue weighted by Gasteiger charge is -2.21. The van der Waals surface area contributed by atoms with Crippen LogP contribution in [-0.2, 0) is 4.79 Å². The number of nitrogens with one attached hydrogen (secondary N) is 1. The molecule has 0 spiro atoms. The van der Waals surface area contributed by atoms with Crippen LogP contribution in [0.15, 0.2) is 18.2 Å². The fourth-order valence-electron chi connectivity index (χ4n) is 1.16. The summed E-state index contributed by atoms with van der Waals surface area (Å²) in [6, 6.07) is 3.12. The van der Waals surface area contributed by atoms with E-state index in [1.54, 1.807) is 13.8 Å². The first kappa shape index (κ1) is 14.0. The van der Waals surface area contributed by atoms with Gasteiger partial charge >= 0.3 is 5.69 Å². The van der Waals surface area contributed by atoms with E-state index < -0.39 is 27.9 Å². The van der Waals surface area contributed by atoms with E-state index in [-0.39, 0.29) is 5.69 Å². The maximum atomic E-state index is 13.1. The Morgan fingerprint density at radius 2 is 2.22 bits per heavy atom. The summed E-state index contributed by atoms with van der Waals surface area (Å²) in [6.45, 7) is 3.28. The van der Waals surface area contributed by atoms with Crippen LogP contribution in [0.3, 0.4) is 0 Å². The highest BCUT2D eigenvalue weighted by molar-refractivity contribution is 5.97. The van der Waals surface area contributed by atoms with Crippen molar-refractivity contribution in [3.05, 3.63) is 34.1 Å². The maximum Gasteiger partial charge on any atom is 0.306 e. The Balaban J connectivity index is 2.96. The number of carbonyl (C=O) groups is 1. The Bertz CT molecular complexity index is 488. The van der Waals surface area contributed by atoms with Crippen molar-refractivity contribution in [1.29, 1.82) is 0 Å². The zero-order valence-electron chi connectivity index (χ0n) is 10.1. The number of nitrogens with zero attached hydrogens (tertiary/aromatic N) is 1. The lowest BCUT2D eigenvalue weighted by atomic mass is 9.99. The number of amides is 1. The van der Waals surface area contributed by atoms with Crippen molar-refractivity contribution in [3.8, 4) is 0 Å². The Morgan fingerprint density at radius 1 is 1.61 bits per heavy atom.